The average Bonchev–Trinajstić information content (AvgIpc) is 2.43. The number of hydrogen-bond donors (Lipinski definition) is 2. The molecule has 1 amide bonds. The Balaban J connectivity index is 1.72. The number of unbranched alkanes of at least 4 members (excludes halogenated alkanes) is 1. The number of rotatable bonds is 6. The van der Waals surface area contributed by atoms with Gasteiger partial charge in [0.05, 0.1) is 0 Å². The van der Waals surface area contributed by atoms with E-state index in [-0.39, 0.29) is 18.4 Å². The lowest BCUT2D eigenvalue weighted by atomic mass is 9.88. The lowest BCUT2D eigenvalue weighted by Gasteiger charge is -2.25. The largest absolute Gasteiger partial charge is 0.481 e. The van der Waals surface area contributed by atoms with Crippen molar-refractivity contribution >= 4 is 11.9 Å². The Hall–Kier alpha value is -1.84. The number of aliphatic carboxylic acids is 1. The van der Waals surface area contributed by atoms with E-state index >= 15 is 0 Å². The Morgan fingerprint density at radius 2 is 1.85 bits per heavy atom. The van der Waals surface area contributed by atoms with Crippen LogP contribution in [-0.2, 0) is 22.4 Å². The molecule has 1 aliphatic rings. The van der Waals surface area contributed by atoms with Crippen LogP contribution in [0.3, 0.4) is 0 Å². The number of carbonyl (C=O) groups is 2. The predicted molar refractivity (Wildman–Crippen MR) is 76.5 cm³/mol. The van der Waals surface area contributed by atoms with Crippen molar-refractivity contribution in [1.82, 2.24) is 5.32 Å². The van der Waals surface area contributed by atoms with Gasteiger partial charge < -0.3 is 10.4 Å². The smallest absolute Gasteiger partial charge is 0.303 e. The summed E-state index contributed by atoms with van der Waals surface area (Å²) in [5.74, 6) is -0.755. The Bertz CT molecular complexity index is 484. The molecule has 0 aromatic heterocycles. The van der Waals surface area contributed by atoms with Crippen molar-refractivity contribution in [3.8, 4) is 0 Å². The second-order valence-electron chi connectivity index (χ2n) is 5.38. The Kier molecular flexibility index (Phi) is 5.16. The number of hydrogen-bond acceptors (Lipinski definition) is 2. The number of carbonyl (C=O) groups excluding carboxylic acids is 1. The van der Waals surface area contributed by atoms with Crippen molar-refractivity contribution in [2.45, 2.75) is 51.0 Å². The molecule has 1 atom stereocenters. The highest BCUT2D eigenvalue weighted by Crippen LogP contribution is 2.21. The van der Waals surface area contributed by atoms with Crippen molar-refractivity contribution in [2.24, 2.45) is 0 Å². The van der Waals surface area contributed by atoms with Crippen LogP contribution < -0.4 is 5.32 Å². The first-order valence-corrected chi connectivity index (χ1v) is 7.23. The normalized spacial score (nSPS) is 17.3. The van der Waals surface area contributed by atoms with Crippen molar-refractivity contribution < 1.29 is 14.7 Å². The molecule has 0 bridgehead atoms. The molecule has 108 valence electrons. The molecule has 0 heterocycles. The van der Waals surface area contributed by atoms with Gasteiger partial charge >= 0.3 is 5.97 Å². The zero-order chi connectivity index (χ0) is 14.4. The van der Waals surface area contributed by atoms with Crippen LogP contribution in [0.2, 0.25) is 0 Å². The van der Waals surface area contributed by atoms with E-state index in [1.165, 1.54) is 11.1 Å². The van der Waals surface area contributed by atoms with Crippen LogP contribution in [-0.4, -0.2) is 23.0 Å². The third-order valence-electron chi connectivity index (χ3n) is 3.76. The molecular weight excluding hydrogens is 254 g/mol. The number of aryl methyl sites for hydroxylation is 1. The van der Waals surface area contributed by atoms with E-state index in [1.807, 2.05) is 6.07 Å². The first kappa shape index (κ1) is 14.6. The van der Waals surface area contributed by atoms with Gasteiger partial charge in [-0.25, -0.2) is 0 Å². The van der Waals surface area contributed by atoms with E-state index in [2.05, 4.69) is 23.5 Å². The summed E-state index contributed by atoms with van der Waals surface area (Å²) in [6, 6.07) is 8.59. The minimum Gasteiger partial charge on any atom is -0.481 e. The molecule has 2 rings (SSSR count). The van der Waals surface area contributed by atoms with Crippen LogP contribution in [0.25, 0.3) is 0 Å². The molecule has 2 N–H and O–H groups in total. The van der Waals surface area contributed by atoms with E-state index < -0.39 is 5.97 Å². The van der Waals surface area contributed by atoms with Crippen molar-refractivity contribution in [1.29, 1.82) is 0 Å². The molecule has 1 unspecified atom stereocenters. The van der Waals surface area contributed by atoms with E-state index in [0.29, 0.717) is 19.3 Å². The van der Waals surface area contributed by atoms with Gasteiger partial charge in [0.1, 0.15) is 0 Å². The molecule has 1 aromatic carbocycles. The average molecular weight is 275 g/mol. The van der Waals surface area contributed by atoms with Crippen LogP contribution in [0, 0.1) is 0 Å². The van der Waals surface area contributed by atoms with Gasteiger partial charge in [-0.15, -0.1) is 0 Å². The van der Waals surface area contributed by atoms with Gasteiger partial charge in [-0.1, -0.05) is 24.3 Å². The lowest BCUT2D eigenvalue weighted by molar-refractivity contribution is -0.137. The second kappa shape index (κ2) is 7.08. The van der Waals surface area contributed by atoms with E-state index in [0.717, 1.165) is 19.3 Å². The third kappa shape index (κ3) is 4.37. The summed E-state index contributed by atoms with van der Waals surface area (Å²) in [7, 11) is 0. The molecule has 4 nitrogen and oxygen atoms in total. The fourth-order valence-corrected chi connectivity index (χ4v) is 2.68. The van der Waals surface area contributed by atoms with Gasteiger partial charge in [-0.05, 0) is 43.2 Å². The maximum atomic E-state index is 11.8. The molecule has 20 heavy (non-hydrogen) atoms. The summed E-state index contributed by atoms with van der Waals surface area (Å²) in [4.78, 5) is 22.2. The Labute approximate surface area is 119 Å². The second-order valence-corrected chi connectivity index (χ2v) is 5.38. The minimum atomic E-state index is -0.797. The van der Waals surface area contributed by atoms with Crippen LogP contribution in [0.1, 0.15) is 43.2 Å². The number of amides is 1. The van der Waals surface area contributed by atoms with Crippen LogP contribution in [0.5, 0.6) is 0 Å². The summed E-state index contributed by atoms with van der Waals surface area (Å²) >= 11 is 0. The quantitative estimate of drug-likeness (QED) is 0.783. The predicted octanol–water partition coefficient (Wildman–Crippen LogP) is 2.31. The molecular formula is C16H21NO3. The Morgan fingerprint density at radius 1 is 1.15 bits per heavy atom. The maximum Gasteiger partial charge on any atom is 0.303 e. The third-order valence-corrected chi connectivity index (χ3v) is 3.76. The fourth-order valence-electron chi connectivity index (χ4n) is 2.68. The zero-order valence-corrected chi connectivity index (χ0v) is 11.6. The molecule has 1 aliphatic carbocycles. The summed E-state index contributed by atoms with van der Waals surface area (Å²) in [6.45, 7) is 0. The van der Waals surface area contributed by atoms with Gasteiger partial charge in [-0.2, -0.15) is 0 Å². The number of nitrogens with one attached hydrogen (secondary N) is 1. The standard InChI is InChI=1S/C16H21NO3/c18-15(7-3-4-8-16(19)20)17-14-10-9-12-5-1-2-6-13(12)11-14/h1-2,5-6,14H,3-4,7-11H2,(H,17,18)(H,19,20). The lowest BCUT2D eigenvalue weighted by Crippen LogP contribution is -2.38. The fraction of sp³-hybridized carbons (Fsp3) is 0.500. The Morgan fingerprint density at radius 3 is 2.60 bits per heavy atom. The monoisotopic (exact) mass is 275 g/mol. The number of carboxylic acid groups (broad SMARTS) is 1. The van der Waals surface area contributed by atoms with Gasteiger partial charge in [0, 0.05) is 18.9 Å². The molecule has 0 aliphatic heterocycles. The van der Waals surface area contributed by atoms with Crippen LogP contribution in [0.4, 0.5) is 0 Å². The number of carboxylic acids is 1. The zero-order valence-electron chi connectivity index (χ0n) is 11.6. The molecule has 4 heteroatoms. The highest BCUT2D eigenvalue weighted by molar-refractivity contribution is 5.76. The molecule has 1 aromatic rings. The summed E-state index contributed by atoms with van der Waals surface area (Å²) in [6.07, 6.45) is 4.67. The first-order chi connectivity index (χ1) is 9.65. The van der Waals surface area contributed by atoms with Crippen molar-refractivity contribution in [3.63, 3.8) is 0 Å². The van der Waals surface area contributed by atoms with E-state index in [9.17, 15) is 9.59 Å². The summed E-state index contributed by atoms with van der Waals surface area (Å²) in [5, 5.41) is 11.6. The number of fused-ring (bicyclic) bond motifs is 1. The van der Waals surface area contributed by atoms with Gasteiger partial charge in [0.15, 0.2) is 0 Å². The van der Waals surface area contributed by atoms with Gasteiger partial charge in [0.2, 0.25) is 5.91 Å². The molecule has 0 fully saturated rings. The summed E-state index contributed by atoms with van der Waals surface area (Å²) in [5.41, 5.74) is 2.72. The van der Waals surface area contributed by atoms with Crippen LogP contribution >= 0.6 is 0 Å². The number of benzene rings is 1. The maximum absolute atomic E-state index is 11.8. The first-order valence-electron chi connectivity index (χ1n) is 7.23. The SMILES string of the molecule is O=C(O)CCCCC(=O)NC1CCc2ccccc2C1. The van der Waals surface area contributed by atoms with Crippen LogP contribution in [0.15, 0.2) is 24.3 Å². The van der Waals surface area contributed by atoms with E-state index in [1.54, 1.807) is 0 Å². The molecule has 0 saturated carbocycles. The highest BCUT2D eigenvalue weighted by Gasteiger charge is 2.19. The summed E-state index contributed by atoms with van der Waals surface area (Å²) < 4.78 is 0. The van der Waals surface area contributed by atoms with Gasteiger partial charge in [-0.3, -0.25) is 9.59 Å². The minimum absolute atomic E-state index is 0.0415. The van der Waals surface area contributed by atoms with Crippen molar-refractivity contribution in [2.75, 3.05) is 0 Å². The molecule has 0 saturated heterocycles. The molecule has 0 radical (unpaired) electrons. The topological polar surface area (TPSA) is 66.4 Å². The van der Waals surface area contributed by atoms with Gasteiger partial charge in [0.25, 0.3) is 0 Å². The highest BCUT2D eigenvalue weighted by atomic mass is 16.4. The molecule has 0 spiro atoms. The van der Waals surface area contributed by atoms with Crippen molar-refractivity contribution in [3.05, 3.63) is 35.4 Å². The van der Waals surface area contributed by atoms with E-state index in [4.69, 9.17) is 5.11 Å².